The zero-order chi connectivity index (χ0) is 14.5. The van der Waals surface area contributed by atoms with Crippen LogP contribution < -0.4 is 9.47 Å². The molecule has 0 aliphatic carbocycles. The smallest absolute Gasteiger partial charge is 0.237 e. The summed E-state index contributed by atoms with van der Waals surface area (Å²) >= 11 is 0. The molecule has 0 radical (unpaired) electrons. The zero-order valence-electron chi connectivity index (χ0n) is 11.8. The molecule has 0 unspecified atom stereocenters. The van der Waals surface area contributed by atoms with Crippen molar-refractivity contribution >= 4 is 0 Å². The van der Waals surface area contributed by atoms with Crippen LogP contribution in [0.25, 0.3) is 0 Å². The Hall–Kier alpha value is -2.54. The van der Waals surface area contributed by atoms with E-state index >= 15 is 0 Å². The van der Waals surface area contributed by atoms with E-state index in [0.29, 0.717) is 23.8 Å². The molecule has 1 heterocycles. The van der Waals surface area contributed by atoms with E-state index in [2.05, 4.69) is 11.1 Å². The first-order chi connectivity index (χ1) is 9.63. The van der Waals surface area contributed by atoms with Gasteiger partial charge >= 0.3 is 0 Å². The number of ether oxygens (including phenoxy) is 2. The minimum Gasteiger partial charge on any atom is -0.494 e. The summed E-state index contributed by atoms with van der Waals surface area (Å²) in [5.74, 6) is 1.66. The maximum Gasteiger partial charge on any atom is 0.237 e. The highest BCUT2D eigenvalue weighted by Crippen LogP contribution is 2.28. The lowest BCUT2D eigenvalue weighted by molar-refractivity contribution is 0.338. The summed E-state index contributed by atoms with van der Waals surface area (Å²) in [5.41, 5.74) is 2.13. The van der Waals surface area contributed by atoms with Crippen LogP contribution in [-0.2, 0) is 0 Å². The van der Waals surface area contributed by atoms with Crippen LogP contribution in [0.1, 0.15) is 23.7 Å². The second-order valence-electron chi connectivity index (χ2n) is 4.38. The molecule has 4 heteroatoms. The van der Waals surface area contributed by atoms with E-state index in [1.54, 1.807) is 6.07 Å². The van der Waals surface area contributed by atoms with Gasteiger partial charge < -0.3 is 9.47 Å². The van der Waals surface area contributed by atoms with E-state index < -0.39 is 0 Å². The molecule has 1 aromatic heterocycles. The first-order valence-corrected chi connectivity index (χ1v) is 6.43. The van der Waals surface area contributed by atoms with Crippen molar-refractivity contribution < 1.29 is 9.47 Å². The molecule has 0 bridgehead atoms. The zero-order valence-corrected chi connectivity index (χ0v) is 11.8. The van der Waals surface area contributed by atoms with Crippen molar-refractivity contribution in [2.45, 2.75) is 20.8 Å². The van der Waals surface area contributed by atoms with Crippen molar-refractivity contribution in [2.75, 3.05) is 6.61 Å². The largest absolute Gasteiger partial charge is 0.494 e. The molecule has 102 valence electrons. The van der Waals surface area contributed by atoms with Gasteiger partial charge in [0.05, 0.1) is 6.61 Å². The fourth-order valence-electron chi connectivity index (χ4n) is 1.92. The molecule has 0 saturated heterocycles. The first kappa shape index (κ1) is 13.9. The molecule has 0 aliphatic heterocycles. The Morgan fingerprint density at radius 1 is 1.20 bits per heavy atom. The predicted molar refractivity (Wildman–Crippen MR) is 76.1 cm³/mol. The van der Waals surface area contributed by atoms with E-state index in [1.165, 1.54) is 0 Å². The highest BCUT2D eigenvalue weighted by molar-refractivity contribution is 5.47. The third-order valence-electron chi connectivity index (χ3n) is 2.75. The topological polar surface area (TPSA) is 55.1 Å². The average Bonchev–Trinajstić information content (AvgIpc) is 2.39. The second-order valence-corrected chi connectivity index (χ2v) is 4.38. The van der Waals surface area contributed by atoms with Gasteiger partial charge in [0, 0.05) is 11.8 Å². The summed E-state index contributed by atoms with van der Waals surface area (Å²) in [6, 6.07) is 11.3. The molecule has 0 aliphatic rings. The van der Waals surface area contributed by atoms with E-state index in [9.17, 15) is 5.26 Å². The lowest BCUT2D eigenvalue weighted by Crippen LogP contribution is -1.97. The molecule has 0 spiro atoms. The fourth-order valence-corrected chi connectivity index (χ4v) is 1.92. The summed E-state index contributed by atoms with van der Waals surface area (Å²) in [7, 11) is 0. The number of aromatic nitrogens is 1. The Bertz CT molecular complexity index is 660. The monoisotopic (exact) mass is 268 g/mol. The summed E-state index contributed by atoms with van der Waals surface area (Å²) in [5, 5.41) is 9.21. The quantitative estimate of drug-likeness (QED) is 0.847. The third kappa shape index (κ3) is 3.07. The molecule has 2 rings (SSSR count). The normalized spacial score (nSPS) is 9.90. The van der Waals surface area contributed by atoms with Gasteiger partial charge in [-0.05, 0) is 44.5 Å². The van der Waals surface area contributed by atoms with Crippen LogP contribution in [0.4, 0.5) is 0 Å². The van der Waals surface area contributed by atoms with Gasteiger partial charge in [0.25, 0.3) is 0 Å². The molecule has 0 fully saturated rings. The van der Waals surface area contributed by atoms with Gasteiger partial charge in [0.1, 0.15) is 23.1 Å². The van der Waals surface area contributed by atoms with Crippen LogP contribution in [0.3, 0.4) is 0 Å². The number of hydrogen-bond donors (Lipinski definition) is 0. The third-order valence-corrected chi connectivity index (χ3v) is 2.75. The van der Waals surface area contributed by atoms with Crippen molar-refractivity contribution in [2.24, 2.45) is 0 Å². The van der Waals surface area contributed by atoms with Gasteiger partial charge in [-0.1, -0.05) is 6.07 Å². The number of rotatable bonds is 4. The fraction of sp³-hybridized carbons (Fsp3) is 0.250. The lowest BCUT2D eigenvalue weighted by Gasteiger charge is -2.10. The molecular formula is C16H16N2O2. The van der Waals surface area contributed by atoms with Crippen LogP contribution >= 0.6 is 0 Å². The van der Waals surface area contributed by atoms with Gasteiger partial charge in [-0.3, -0.25) is 0 Å². The van der Waals surface area contributed by atoms with Crippen molar-refractivity contribution in [3.05, 3.63) is 47.2 Å². The van der Waals surface area contributed by atoms with E-state index in [-0.39, 0.29) is 0 Å². The second kappa shape index (κ2) is 6.07. The SMILES string of the molecule is CCOc1cccc(Oc2nc(C)cc(C)c2C#N)c1. The van der Waals surface area contributed by atoms with Gasteiger partial charge in [-0.25, -0.2) is 4.98 Å². The number of nitriles is 1. The summed E-state index contributed by atoms with van der Waals surface area (Å²) < 4.78 is 11.2. The Morgan fingerprint density at radius 3 is 2.65 bits per heavy atom. The van der Waals surface area contributed by atoms with Gasteiger partial charge in [0.2, 0.25) is 5.88 Å². The number of hydrogen-bond acceptors (Lipinski definition) is 4. The summed E-state index contributed by atoms with van der Waals surface area (Å²) in [6.45, 7) is 6.26. The van der Waals surface area contributed by atoms with Crippen molar-refractivity contribution in [3.63, 3.8) is 0 Å². The number of nitrogens with zero attached hydrogens (tertiary/aromatic N) is 2. The molecule has 0 N–H and O–H groups in total. The van der Waals surface area contributed by atoms with E-state index in [0.717, 1.165) is 17.0 Å². The molecule has 2 aromatic rings. The van der Waals surface area contributed by atoms with Crippen LogP contribution in [0.2, 0.25) is 0 Å². The summed E-state index contributed by atoms with van der Waals surface area (Å²) in [4.78, 5) is 4.29. The maximum absolute atomic E-state index is 9.21. The van der Waals surface area contributed by atoms with E-state index in [4.69, 9.17) is 9.47 Å². The molecule has 20 heavy (non-hydrogen) atoms. The van der Waals surface area contributed by atoms with Crippen molar-refractivity contribution in [1.29, 1.82) is 5.26 Å². The molecule has 1 aromatic carbocycles. The molecule has 0 atom stereocenters. The first-order valence-electron chi connectivity index (χ1n) is 6.43. The van der Waals surface area contributed by atoms with Crippen molar-refractivity contribution in [1.82, 2.24) is 4.98 Å². The number of pyridine rings is 1. The van der Waals surface area contributed by atoms with E-state index in [1.807, 2.05) is 45.0 Å². The highest BCUT2D eigenvalue weighted by atomic mass is 16.5. The Balaban J connectivity index is 2.35. The van der Waals surface area contributed by atoms with Gasteiger partial charge in [0.15, 0.2) is 0 Å². The summed E-state index contributed by atoms with van der Waals surface area (Å²) in [6.07, 6.45) is 0. The number of aryl methyl sites for hydroxylation is 2. The highest BCUT2D eigenvalue weighted by Gasteiger charge is 2.11. The maximum atomic E-state index is 9.21. The van der Waals surface area contributed by atoms with Crippen LogP contribution in [0, 0.1) is 25.2 Å². The molecular weight excluding hydrogens is 252 g/mol. The Labute approximate surface area is 118 Å². The number of benzene rings is 1. The lowest BCUT2D eigenvalue weighted by atomic mass is 10.1. The van der Waals surface area contributed by atoms with Crippen molar-refractivity contribution in [3.8, 4) is 23.4 Å². The minimum atomic E-state index is 0.332. The van der Waals surface area contributed by atoms with Gasteiger partial charge in [-0.2, -0.15) is 5.26 Å². The Morgan fingerprint density at radius 2 is 1.95 bits per heavy atom. The molecule has 4 nitrogen and oxygen atoms in total. The van der Waals surface area contributed by atoms with Crippen LogP contribution in [-0.4, -0.2) is 11.6 Å². The van der Waals surface area contributed by atoms with Gasteiger partial charge in [-0.15, -0.1) is 0 Å². The predicted octanol–water partition coefficient (Wildman–Crippen LogP) is 3.76. The average molecular weight is 268 g/mol. The minimum absolute atomic E-state index is 0.332. The van der Waals surface area contributed by atoms with Crippen LogP contribution in [0.5, 0.6) is 17.4 Å². The van der Waals surface area contributed by atoms with Crippen LogP contribution in [0.15, 0.2) is 30.3 Å². The standard InChI is InChI=1S/C16H16N2O2/c1-4-19-13-6-5-7-14(9-13)20-16-15(10-17)11(2)8-12(3)18-16/h5-9H,4H2,1-3H3. The Kier molecular flexibility index (Phi) is 4.21. The molecule has 0 saturated carbocycles. The molecule has 0 amide bonds.